The number of carbonyl (C=O) groups is 1. The fraction of sp³-hybridized carbons (Fsp3) is 0.533. The number of benzene rings is 1. The maximum absolute atomic E-state index is 12.6. The Morgan fingerprint density at radius 2 is 2.40 bits per heavy atom. The van der Waals surface area contributed by atoms with Gasteiger partial charge in [-0.25, -0.2) is 0 Å². The number of anilines is 1. The van der Waals surface area contributed by atoms with Crippen LogP contribution in [0.4, 0.5) is 5.69 Å². The number of amides is 1. The van der Waals surface area contributed by atoms with Gasteiger partial charge >= 0.3 is 0 Å². The fourth-order valence-electron chi connectivity index (χ4n) is 2.78. The summed E-state index contributed by atoms with van der Waals surface area (Å²) in [6.45, 7) is 2.32. The average molecular weight is 312 g/mol. The first kappa shape index (κ1) is 14.2. The molecule has 1 atom stereocenters. The molecule has 0 aromatic heterocycles. The summed E-state index contributed by atoms with van der Waals surface area (Å²) >= 11 is 7.86. The molecule has 2 aliphatic heterocycles. The molecule has 108 valence electrons. The van der Waals surface area contributed by atoms with E-state index in [1.54, 1.807) is 11.8 Å². The molecule has 1 saturated heterocycles. The highest BCUT2D eigenvalue weighted by Gasteiger charge is 2.26. The van der Waals surface area contributed by atoms with Crippen LogP contribution in [0, 0.1) is 5.92 Å². The predicted octanol–water partition coefficient (Wildman–Crippen LogP) is 3.60. The Balaban J connectivity index is 1.74. The van der Waals surface area contributed by atoms with Crippen molar-refractivity contribution in [2.45, 2.75) is 24.2 Å². The zero-order valence-electron chi connectivity index (χ0n) is 11.3. The van der Waals surface area contributed by atoms with Crippen LogP contribution in [0.25, 0.3) is 0 Å². The zero-order chi connectivity index (χ0) is 13.9. The van der Waals surface area contributed by atoms with Gasteiger partial charge in [-0.3, -0.25) is 4.79 Å². The zero-order valence-corrected chi connectivity index (χ0v) is 12.9. The van der Waals surface area contributed by atoms with E-state index < -0.39 is 0 Å². The van der Waals surface area contributed by atoms with Gasteiger partial charge in [-0.15, -0.1) is 11.8 Å². The van der Waals surface area contributed by atoms with Crippen LogP contribution >= 0.6 is 23.4 Å². The summed E-state index contributed by atoms with van der Waals surface area (Å²) in [5.41, 5.74) is 0.968. The van der Waals surface area contributed by atoms with Crippen LogP contribution in [0.3, 0.4) is 0 Å². The normalized spacial score (nSPS) is 22.4. The molecule has 0 N–H and O–H groups in total. The van der Waals surface area contributed by atoms with Crippen molar-refractivity contribution in [1.29, 1.82) is 0 Å². The van der Waals surface area contributed by atoms with Gasteiger partial charge in [0.25, 0.3) is 0 Å². The van der Waals surface area contributed by atoms with E-state index in [0.717, 1.165) is 48.9 Å². The van der Waals surface area contributed by atoms with Crippen LogP contribution in [-0.4, -0.2) is 31.4 Å². The average Bonchev–Trinajstić information content (AvgIpc) is 2.47. The van der Waals surface area contributed by atoms with E-state index in [0.29, 0.717) is 17.4 Å². The lowest BCUT2D eigenvalue weighted by Crippen LogP contribution is -2.37. The molecule has 1 aromatic carbocycles. The van der Waals surface area contributed by atoms with Gasteiger partial charge in [0, 0.05) is 41.9 Å². The molecular formula is C15H18ClNO2S. The Bertz CT molecular complexity index is 503. The molecule has 3 rings (SSSR count). The fourth-order valence-corrected chi connectivity index (χ4v) is 3.92. The summed E-state index contributed by atoms with van der Waals surface area (Å²) in [6.07, 6.45) is 2.74. The molecule has 0 spiro atoms. The SMILES string of the molecule is O=C(C[C@H]1CCCOC1)N1CCSc2ccc(Cl)cc21. The van der Waals surface area contributed by atoms with E-state index >= 15 is 0 Å². The Morgan fingerprint density at radius 3 is 3.20 bits per heavy atom. The maximum Gasteiger partial charge on any atom is 0.227 e. The van der Waals surface area contributed by atoms with E-state index in [4.69, 9.17) is 16.3 Å². The van der Waals surface area contributed by atoms with Crippen molar-refractivity contribution in [3.8, 4) is 0 Å². The molecular weight excluding hydrogens is 294 g/mol. The van der Waals surface area contributed by atoms with Crippen LogP contribution in [0.15, 0.2) is 23.1 Å². The molecule has 0 aliphatic carbocycles. The number of nitrogens with zero attached hydrogens (tertiary/aromatic N) is 1. The third kappa shape index (κ3) is 3.13. The Kier molecular flexibility index (Phi) is 4.54. The summed E-state index contributed by atoms with van der Waals surface area (Å²) in [4.78, 5) is 15.6. The van der Waals surface area contributed by atoms with Crippen LogP contribution in [0.2, 0.25) is 5.02 Å². The minimum absolute atomic E-state index is 0.198. The summed E-state index contributed by atoms with van der Waals surface area (Å²) in [5, 5.41) is 0.685. The van der Waals surface area contributed by atoms with Gasteiger partial charge in [-0.2, -0.15) is 0 Å². The second kappa shape index (κ2) is 6.37. The van der Waals surface area contributed by atoms with Crippen molar-refractivity contribution in [2.75, 3.05) is 30.4 Å². The number of carbonyl (C=O) groups excluding carboxylic acids is 1. The van der Waals surface area contributed by atoms with Crippen LogP contribution in [0.1, 0.15) is 19.3 Å². The molecule has 3 nitrogen and oxygen atoms in total. The number of ether oxygens (including phenoxy) is 1. The third-order valence-corrected chi connectivity index (χ3v) is 5.08. The predicted molar refractivity (Wildman–Crippen MR) is 82.7 cm³/mol. The molecule has 0 unspecified atom stereocenters. The molecule has 1 amide bonds. The molecule has 0 bridgehead atoms. The van der Waals surface area contributed by atoms with Gasteiger partial charge < -0.3 is 9.64 Å². The van der Waals surface area contributed by atoms with Gasteiger partial charge in [0.2, 0.25) is 5.91 Å². The highest BCUT2D eigenvalue weighted by molar-refractivity contribution is 7.99. The first-order valence-corrected chi connectivity index (χ1v) is 8.41. The van der Waals surface area contributed by atoms with Crippen molar-refractivity contribution in [3.05, 3.63) is 23.2 Å². The topological polar surface area (TPSA) is 29.5 Å². The van der Waals surface area contributed by atoms with Crippen molar-refractivity contribution < 1.29 is 9.53 Å². The highest BCUT2D eigenvalue weighted by Crippen LogP contribution is 2.37. The number of rotatable bonds is 2. The molecule has 20 heavy (non-hydrogen) atoms. The monoisotopic (exact) mass is 311 g/mol. The lowest BCUT2D eigenvalue weighted by molar-refractivity contribution is -0.120. The summed E-state index contributed by atoms with van der Waals surface area (Å²) in [6, 6.07) is 5.79. The molecule has 2 heterocycles. The Labute approximate surface area is 128 Å². The molecule has 2 aliphatic rings. The summed E-state index contributed by atoms with van der Waals surface area (Å²) in [5.74, 6) is 1.51. The van der Waals surface area contributed by atoms with E-state index in [1.165, 1.54) is 0 Å². The van der Waals surface area contributed by atoms with Crippen LogP contribution in [-0.2, 0) is 9.53 Å². The first-order valence-electron chi connectivity index (χ1n) is 7.04. The second-order valence-electron chi connectivity index (χ2n) is 5.29. The molecule has 1 aromatic rings. The molecule has 0 radical (unpaired) electrons. The third-order valence-electron chi connectivity index (χ3n) is 3.80. The van der Waals surface area contributed by atoms with E-state index in [1.807, 2.05) is 23.1 Å². The number of hydrogen-bond donors (Lipinski definition) is 0. The molecule has 1 fully saturated rings. The van der Waals surface area contributed by atoms with Gasteiger partial charge in [0.05, 0.1) is 5.69 Å². The number of fused-ring (bicyclic) bond motifs is 1. The van der Waals surface area contributed by atoms with E-state index in [9.17, 15) is 4.79 Å². The van der Waals surface area contributed by atoms with Crippen molar-refractivity contribution >= 4 is 35.0 Å². The number of hydrogen-bond acceptors (Lipinski definition) is 3. The van der Waals surface area contributed by atoms with Gasteiger partial charge in [-0.05, 0) is 37.0 Å². The van der Waals surface area contributed by atoms with E-state index in [2.05, 4.69) is 0 Å². The number of thioether (sulfide) groups is 1. The Hall–Kier alpha value is -0.710. The van der Waals surface area contributed by atoms with Gasteiger partial charge in [-0.1, -0.05) is 11.6 Å². The van der Waals surface area contributed by atoms with Crippen molar-refractivity contribution in [1.82, 2.24) is 0 Å². The largest absolute Gasteiger partial charge is 0.381 e. The molecule has 0 saturated carbocycles. The summed E-state index contributed by atoms with van der Waals surface area (Å²) in [7, 11) is 0. The van der Waals surface area contributed by atoms with Crippen molar-refractivity contribution in [2.24, 2.45) is 5.92 Å². The maximum atomic E-state index is 12.6. The molecule has 5 heteroatoms. The lowest BCUT2D eigenvalue weighted by Gasteiger charge is -2.31. The smallest absolute Gasteiger partial charge is 0.227 e. The lowest BCUT2D eigenvalue weighted by atomic mass is 9.98. The van der Waals surface area contributed by atoms with Crippen LogP contribution in [0.5, 0.6) is 0 Å². The van der Waals surface area contributed by atoms with Crippen LogP contribution < -0.4 is 4.90 Å². The second-order valence-corrected chi connectivity index (χ2v) is 6.87. The summed E-state index contributed by atoms with van der Waals surface area (Å²) < 4.78 is 5.46. The first-order chi connectivity index (χ1) is 9.74. The number of halogens is 1. The van der Waals surface area contributed by atoms with E-state index in [-0.39, 0.29) is 5.91 Å². The highest BCUT2D eigenvalue weighted by atomic mass is 35.5. The minimum Gasteiger partial charge on any atom is -0.381 e. The minimum atomic E-state index is 0.198. The van der Waals surface area contributed by atoms with Gasteiger partial charge in [0.15, 0.2) is 0 Å². The van der Waals surface area contributed by atoms with Crippen molar-refractivity contribution in [3.63, 3.8) is 0 Å². The Morgan fingerprint density at radius 1 is 1.50 bits per heavy atom. The standard InChI is InChI=1S/C15H18ClNO2S/c16-12-3-4-14-13(9-12)17(5-7-20-14)15(18)8-11-2-1-6-19-10-11/h3-4,9,11H,1-2,5-8,10H2/t11-/m1/s1. The van der Waals surface area contributed by atoms with Gasteiger partial charge in [0.1, 0.15) is 0 Å². The quantitative estimate of drug-likeness (QED) is 0.836.